The van der Waals surface area contributed by atoms with Crippen LogP contribution in [0.1, 0.15) is 28.8 Å². The molecule has 170 valence electrons. The Labute approximate surface area is 198 Å². The molecular weight excluding hydrogens is 490 g/mol. The molecule has 0 saturated carbocycles. The minimum absolute atomic E-state index is 0.0856. The number of hydrogen-bond acceptors (Lipinski definition) is 6. The van der Waals surface area contributed by atoms with Crippen molar-refractivity contribution in [1.29, 1.82) is 0 Å². The van der Waals surface area contributed by atoms with Crippen LogP contribution in [0.4, 0.5) is 0 Å². The number of aryl methyl sites for hydroxylation is 1. The normalized spacial score (nSPS) is 16.2. The maximum atomic E-state index is 13.1. The van der Waals surface area contributed by atoms with Crippen LogP contribution in [0.3, 0.4) is 0 Å². The molecule has 1 aliphatic heterocycles. The molecule has 0 aromatic heterocycles. The van der Waals surface area contributed by atoms with Crippen molar-refractivity contribution < 1.29 is 14.6 Å². The zero-order valence-electron chi connectivity index (χ0n) is 17.7. The second-order valence-corrected chi connectivity index (χ2v) is 9.33. The van der Waals surface area contributed by atoms with E-state index in [4.69, 9.17) is 0 Å². The van der Waals surface area contributed by atoms with Gasteiger partial charge in [-0.05, 0) is 47.4 Å². The highest BCUT2D eigenvalue weighted by atomic mass is 79.9. The van der Waals surface area contributed by atoms with Crippen LogP contribution in [0.5, 0.6) is 0 Å². The smallest absolute Gasteiger partial charge is 0.294 e. The van der Waals surface area contributed by atoms with Gasteiger partial charge in [-0.1, -0.05) is 64.5 Å². The van der Waals surface area contributed by atoms with Crippen molar-refractivity contribution in [1.82, 2.24) is 4.90 Å². The monoisotopic (exact) mass is 511 g/mol. The molecule has 33 heavy (non-hydrogen) atoms. The molecule has 1 saturated heterocycles. The van der Waals surface area contributed by atoms with E-state index >= 15 is 0 Å². The highest BCUT2D eigenvalue weighted by Crippen LogP contribution is 2.31. The summed E-state index contributed by atoms with van der Waals surface area (Å²) in [4.78, 5) is 35.9. The Kier molecular flexibility index (Phi) is 6.53. The fourth-order valence-corrected chi connectivity index (χ4v) is 4.65. The maximum Gasteiger partial charge on any atom is 0.482 e. The van der Waals surface area contributed by atoms with Crippen LogP contribution in [0, 0.1) is 20.2 Å². The van der Waals surface area contributed by atoms with Gasteiger partial charge >= 0.3 is 5.66 Å². The van der Waals surface area contributed by atoms with E-state index in [-0.39, 0.29) is 31.3 Å². The van der Waals surface area contributed by atoms with Crippen LogP contribution in [-0.4, -0.2) is 45.3 Å². The second-order valence-electron chi connectivity index (χ2n) is 8.41. The molecule has 8 nitrogen and oxygen atoms in total. The first-order chi connectivity index (χ1) is 15.8. The topological polar surface area (TPSA) is 107 Å². The van der Waals surface area contributed by atoms with Crippen molar-refractivity contribution in [3.8, 4) is 0 Å². The molecule has 9 heteroatoms. The van der Waals surface area contributed by atoms with Crippen molar-refractivity contribution in [2.24, 2.45) is 0 Å². The number of nitro groups is 2. The minimum Gasteiger partial charge on any atom is -0.294 e. The summed E-state index contributed by atoms with van der Waals surface area (Å²) in [5, 5.41) is 24.6. The molecule has 0 radical (unpaired) electrons. The van der Waals surface area contributed by atoms with Gasteiger partial charge in [0.25, 0.3) is 0 Å². The second kappa shape index (κ2) is 9.36. The van der Waals surface area contributed by atoms with Gasteiger partial charge in [0, 0.05) is 22.5 Å². The molecule has 1 heterocycles. The number of nitrogens with zero attached hydrogens (tertiary/aromatic N) is 3. The van der Waals surface area contributed by atoms with E-state index in [2.05, 4.69) is 15.9 Å². The number of carbonyl (C=O) groups is 1. The summed E-state index contributed by atoms with van der Waals surface area (Å²) in [7, 11) is 0. The maximum absolute atomic E-state index is 13.1. The van der Waals surface area contributed by atoms with Gasteiger partial charge in [-0.25, -0.2) is 0 Å². The molecule has 1 atom stereocenters. The number of hydrogen-bond donors (Lipinski definition) is 0. The Morgan fingerprint density at radius 2 is 1.61 bits per heavy atom. The molecule has 0 amide bonds. The third-order valence-corrected chi connectivity index (χ3v) is 6.76. The summed E-state index contributed by atoms with van der Waals surface area (Å²) >= 11 is 3.44. The Morgan fingerprint density at radius 1 is 0.970 bits per heavy atom. The predicted molar refractivity (Wildman–Crippen MR) is 127 cm³/mol. The summed E-state index contributed by atoms with van der Waals surface area (Å²) in [5.74, 6) is -0.0856. The lowest BCUT2D eigenvalue weighted by atomic mass is 9.91. The van der Waals surface area contributed by atoms with E-state index in [1.807, 2.05) is 60.7 Å². The van der Waals surface area contributed by atoms with Gasteiger partial charge in [-0.2, -0.15) is 0 Å². The van der Waals surface area contributed by atoms with Gasteiger partial charge < -0.3 is 0 Å². The SMILES string of the molecule is O=C(C[C@@H](CCc1ccccc1)N1CC([N+](=O)[O-])([N+](=O)[O-])C1)c1ccc2cc(Br)ccc2c1. The quantitative estimate of drug-likeness (QED) is 0.177. The molecule has 1 fully saturated rings. The Hall–Kier alpha value is -3.17. The van der Waals surface area contributed by atoms with Crippen molar-refractivity contribution in [3.63, 3.8) is 0 Å². The highest BCUT2D eigenvalue weighted by Gasteiger charge is 2.67. The van der Waals surface area contributed by atoms with E-state index in [1.165, 1.54) is 0 Å². The van der Waals surface area contributed by atoms with Crippen LogP contribution in [0.15, 0.2) is 71.2 Å². The summed E-state index contributed by atoms with van der Waals surface area (Å²) in [6.07, 6.45) is 1.38. The first kappa shape index (κ1) is 23.0. The Balaban J connectivity index is 1.53. The average Bonchev–Trinajstić information content (AvgIpc) is 2.76. The van der Waals surface area contributed by atoms with Crippen LogP contribution < -0.4 is 0 Å². The number of halogens is 1. The third kappa shape index (κ3) is 4.79. The van der Waals surface area contributed by atoms with Gasteiger partial charge in [-0.3, -0.25) is 29.9 Å². The van der Waals surface area contributed by atoms with E-state index in [9.17, 15) is 25.0 Å². The van der Waals surface area contributed by atoms with Gasteiger partial charge in [-0.15, -0.1) is 0 Å². The van der Waals surface area contributed by atoms with E-state index < -0.39 is 15.5 Å². The van der Waals surface area contributed by atoms with Gasteiger partial charge in [0.1, 0.15) is 22.9 Å². The van der Waals surface area contributed by atoms with Crippen LogP contribution in [-0.2, 0) is 6.42 Å². The Morgan fingerprint density at radius 3 is 2.27 bits per heavy atom. The number of rotatable bonds is 9. The molecule has 3 aromatic carbocycles. The molecule has 0 N–H and O–H groups in total. The fraction of sp³-hybridized carbons (Fsp3) is 0.292. The zero-order valence-corrected chi connectivity index (χ0v) is 19.3. The number of benzene rings is 3. The van der Waals surface area contributed by atoms with E-state index in [1.54, 1.807) is 11.0 Å². The molecule has 0 bridgehead atoms. The van der Waals surface area contributed by atoms with Crippen LogP contribution >= 0.6 is 15.9 Å². The molecular formula is C24H22BrN3O5. The zero-order chi connectivity index (χ0) is 23.6. The van der Waals surface area contributed by atoms with Crippen LogP contribution in [0.25, 0.3) is 10.8 Å². The van der Waals surface area contributed by atoms with Crippen molar-refractivity contribution in [2.45, 2.75) is 31.0 Å². The lowest BCUT2D eigenvalue weighted by Gasteiger charge is -2.41. The first-order valence-electron chi connectivity index (χ1n) is 10.6. The largest absolute Gasteiger partial charge is 0.482 e. The summed E-state index contributed by atoms with van der Waals surface area (Å²) < 4.78 is 0.952. The standard InChI is InChI=1S/C24H22BrN3O5/c25-21-10-9-18-12-20(8-7-19(18)13-21)23(29)14-22(11-6-17-4-2-1-3-5-17)26-15-24(16-26,27(30)31)28(32)33/h1-5,7-10,12-13,22H,6,11,14-16H2/t22-/m1/s1. The number of Topliss-reactive ketones (excluding diaryl/α,β-unsaturated/α-hetero) is 1. The number of fused-ring (bicyclic) bond motifs is 1. The Bertz CT molecular complexity index is 1200. The molecule has 3 aromatic rings. The molecule has 0 aliphatic carbocycles. The summed E-state index contributed by atoms with van der Waals surface area (Å²) in [6.45, 7) is -0.600. The third-order valence-electron chi connectivity index (χ3n) is 6.26. The van der Waals surface area contributed by atoms with E-state index in [0.717, 1.165) is 20.8 Å². The van der Waals surface area contributed by atoms with Crippen molar-refractivity contribution >= 4 is 32.5 Å². The predicted octanol–water partition coefficient (Wildman–Crippen LogP) is 4.74. The van der Waals surface area contributed by atoms with Crippen molar-refractivity contribution in [2.75, 3.05) is 13.1 Å². The molecule has 1 aliphatic rings. The summed E-state index contributed by atoms with van der Waals surface area (Å²) in [5.41, 5.74) is -0.545. The fourth-order valence-electron chi connectivity index (χ4n) is 4.27. The molecule has 4 rings (SSSR count). The first-order valence-corrected chi connectivity index (χ1v) is 11.4. The lowest BCUT2D eigenvalue weighted by Crippen LogP contribution is -2.72. The number of likely N-dealkylation sites (tertiary alicyclic amines) is 1. The van der Waals surface area contributed by atoms with Crippen molar-refractivity contribution in [3.05, 3.63) is 103 Å². The number of ketones is 1. The molecule has 0 spiro atoms. The minimum atomic E-state index is -2.19. The van der Waals surface area contributed by atoms with E-state index in [0.29, 0.717) is 18.4 Å². The lowest BCUT2D eigenvalue weighted by molar-refractivity contribution is -0.811. The highest BCUT2D eigenvalue weighted by molar-refractivity contribution is 9.10. The molecule has 0 unspecified atom stereocenters. The average molecular weight is 512 g/mol. The van der Waals surface area contributed by atoms with Gasteiger partial charge in [0.05, 0.1) is 0 Å². The summed E-state index contributed by atoms with van der Waals surface area (Å²) in [6, 6.07) is 20.7. The number of carbonyl (C=O) groups excluding carboxylic acids is 1. The van der Waals surface area contributed by atoms with Gasteiger partial charge in [0.2, 0.25) is 0 Å². The van der Waals surface area contributed by atoms with Gasteiger partial charge in [0.15, 0.2) is 5.78 Å². The van der Waals surface area contributed by atoms with Crippen LogP contribution in [0.2, 0.25) is 0 Å².